The van der Waals surface area contributed by atoms with Crippen LogP contribution in [0.4, 0.5) is 0 Å². The number of rotatable bonds is 2. The van der Waals surface area contributed by atoms with Gasteiger partial charge >= 0.3 is 0 Å². The van der Waals surface area contributed by atoms with Crippen LogP contribution >= 0.6 is 0 Å². The molecule has 1 nitrogen and oxygen atoms in total. The van der Waals surface area contributed by atoms with Crippen LogP contribution in [-0.4, -0.2) is 12.2 Å². The van der Waals surface area contributed by atoms with Gasteiger partial charge in [-0.15, -0.1) is 0 Å². The molecule has 2 bridgehead atoms. The van der Waals surface area contributed by atoms with Crippen LogP contribution < -0.4 is 0 Å². The fourth-order valence-electron chi connectivity index (χ4n) is 3.32. The van der Waals surface area contributed by atoms with Crippen molar-refractivity contribution < 1.29 is 4.74 Å². The molecule has 0 aromatic heterocycles. The normalized spacial score (nSPS) is 39.7. The molecule has 1 saturated heterocycles. The minimum Gasteiger partial charge on any atom is -0.373 e. The van der Waals surface area contributed by atoms with Crippen LogP contribution in [0.1, 0.15) is 47.0 Å². The lowest BCUT2D eigenvalue weighted by molar-refractivity contribution is 0.0188. The van der Waals surface area contributed by atoms with Crippen LogP contribution in [0.25, 0.3) is 0 Å². The summed E-state index contributed by atoms with van der Waals surface area (Å²) in [5, 5.41) is 0. The lowest BCUT2D eigenvalue weighted by atomic mass is 9.67. The third-order valence-corrected chi connectivity index (χ3v) is 4.06. The second-order valence-electron chi connectivity index (χ2n) is 5.43. The smallest absolute Gasteiger partial charge is 0.0671 e. The Labute approximate surface area is 87.5 Å². The van der Waals surface area contributed by atoms with Crippen LogP contribution in [0.15, 0.2) is 11.6 Å². The van der Waals surface area contributed by atoms with Crippen LogP contribution in [-0.2, 0) is 4.74 Å². The summed E-state index contributed by atoms with van der Waals surface area (Å²) in [5.41, 5.74) is 1.92. The highest BCUT2D eigenvalue weighted by atomic mass is 16.5. The quantitative estimate of drug-likeness (QED) is 0.611. The van der Waals surface area contributed by atoms with Gasteiger partial charge in [-0.2, -0.15) is 0 Å². The zero-order valence-corrected chi connectivity index (χ0v) is 9.84. The summed E-state index contributed by atoms with van der Waals surface area (Å²) < 4.78 is 6.16. The van der Waals surface area contributed by atoms with Gasteiger partial charge in [-0.25, -0.2) is 0 Å². The lowest BCUT2D eigenvalue weighted by Crippen LogP contribution is -2.34. The summed E-state index contributed by atoms with van der Waals surface area (Å²) in [5.74, 6) is 0.668. The van der Waals surface area contributed by atoms with E-state index in [1.807, 2.05) is 0 Å². The number of ether oxygens (including phenoxy) is 1. The molecule has 0 saturated carbocycles. The van der Waals surface area contributed by atoms with Gasteiger partial charge in [0.2, 0.25) is 0 Å². The van der Waals surface area contributed by atoms with E-state index < -0.39 is 0 Å². The molecule has 1 fully saturated rings. The maximum atomic E-state index is 6.16. The molecule has 2 rings (SSSR count). The first-order chi connectivity index (χ1) is 6.57. The molecule has 3 atom stereocenters. The molecule has 2 aliphatic rings. The highest BCUT2D eigenvalue weighted by Gasteiger charge is 2.51. The highest BCUT2D eigenvalue weighted by molar-refractivity contribution is 5.20. The average Bonchev–Trinajstić information content (AvgIpc) is 2.26. The fraction of sp³-hybridized carbons (Fsp3) is 0.846. The molecule has 1 aliphatic heterocycles. The van der Waals surface area contributed by atoms with E-state index in [4.69, 9.17) is 4.74 Å². The molecule has 0 aromatic rings. The summed E-state index contributed by atoms with van der Waals surface area (Å²) in [4.78, 5) is 0. The van der Waals surface area contributed by atoms with Crippen molar-refractivity contribution in [2.24, 2.45) is 11.3 Å². The van der Waals surface area contributed by atoms with Crippen molar-refractivity contribution in [1.29, 1.82) is 0 Å². The maximum absolute atomic E-state index is 6.16. The van der Waals surface area contributed by atoms with Gasteiger partial charge in [-0.1, -0.05) is 38.8 Å². The van der Waals surface area contributed by atoms with E-state index in [9.17, 15) is 0 Å². The molecule has 3 unspecified atom stereocenters. The molecular formula is C13H22O. The van der Waals surface area contributed by atoms with Crippen molar-refractivity contribution >= 4 is 0 Å². The second-order valence-corrected chi connectivity index (χ2v) is 5.43. The maximum Gasteiger partial charge on any atom is 0.0671 e. The molecule has 0 aromatic carbocycles. The van der Waals surface area contributed by atoms with Gasteiger partial charge in [0.25, 0.3) is 0 Å². The van der Waals surface area contributed by atoms with E-state index >= 15 is 0 Å². The largest absolute Gasteiger partial charge is 0.373 e. The minimum absolute atomic E-state index is 0.360. The first-order valence-electron chi connectivity index (χ1n) is 5.89. The SMILES string of the molecule is CCCC1OC2CC=C(C)C1C2(C)C. The van der Waals surface area contributed by atoms with Crippen LogP contribution in [0, 0.1) is 11.3 Å². The fourth-order valence-corrected chi connectivity index (χ4v) is 3.32. The summed E-state index contributed by atoms with van der Waals surface area (Å²) in [6.45, 7) is 9.26. The van der Waals surface area contributed by atoms with Crippen molar-refractivity contribution in [3.63, 3.8) is 0 Å². The van der Waals surface area contributed by atoms with Crippen LogP contribution in [0.3, 0.4) is 0 Å². The third-order valence-electron chi connectivity index (χ3n) is 4.06. The second kappa shape index (κ2) is 3.37. The molecule has 0 amide bonds. The van der Waals surface area contributed by atoms with Gasteiger partial charge in [0.1, 0.15) is 0 Å². The Hall–Kier alpha value is -0.300. The van der Waals surface area contributed by atoms with Crippen molar-refractivity contribution in [3.05, 3.63) is 11.6 Å². The highest BCUT2D eigenvalue weighted by Crippen LogP contribution is 2.52. The molecule has 1 heterocycles. The molecule has 1 aliphatic carbocycles. The Bertz CT molecular complexity index is 252. The predicted molar refractivity (Wildman–Crippen MR) is 59.2 cm³/mol. The van der Waals surface area contributed by atoms with E-state index in [1.54, 1.807) is 5.57 Å². The van der Waals surface area contributed by atoms with Gasteiger partial charge in [0.15, 0.2) is 0 Å². The van der Waals surface area contributed by atoms with E-state index in [2.05, 4.69) is 33.8 Å². The Morgan fingerprint density at radius 2 is 2.21 bits per heavy atom. The van der Waals surface area contributed by atoms with Crippen molar-refractivity contribution in [3.8, 4) is 0 Å². The first kappa shape index (κ1) is 10.2. The van der Waals surface area contributed by atoms with Gasteiger partial charge < -0.3 is 4.74 Å². The predicted octanol–water partition coefficient (Wildman–Crippen LogP) is 3.55. The van der Waals surface area contributed by atoms with E-state index in [0.717, 1.165) is 6.42 Å². The Kier molecular flexibility index (Phi) is 2.46. The van der Waals surface area contributed by atoms with E-state index in [0.29, 0.717) is 23.5 Å². The van der Waals surface area contributed by atoms with Gasteiger partial charge in [0.05, 0.1) is 12.2 Å². The molecule has 0 radical (unpaired) electrons. The van der Waals surface area contributed by atoms with Crippen molar-refractivity contribution in [2.45, 2.75) is 59.2 Å². The molecule has 80 valence electrons. The average molecular weight is 194 g/mol. The summed E-state index contributed by atoms with van der Waals surface area (Å²) >= 11 is 0. The molecule has 1 heteroatoms. The molecule has 14 heavy (non-hydrogen) atoms. The van der Waals surface area contributed by atoms with Crippen molar-refractivity contribution in [2.75, 3.05) is 0 Å². The number of hydrogen-bond donors (Lipinski definition) is 0. The summed E-state index contributed by atoms with van der Waals surface area (Å²) in [6, 6.07) is 0. The minimum atomic E-state index is 0.360. The van der Waals surface area contributed by atoms with E-state index in [-0.39, 0.29) is 0 Å². The summed E-state index contributed by atoms with van der Waals surface area (Å²) in [7, 11) is 0. The zero-order valence-electron chi connectivity index (χ0n) is 9.84. The molecule has 0 N–H and O–H groups in total. The molecular weight excluding hydrogens is 172 g/mol. The van der Waals surface area contributed by atoms with Gasteiger partial charge in [0, 0.05) is 11.3 Å². The standard InChI is InChI=1S/C13H22O/c1-5-6-10-12-9(2)7-8-11(14-10)13(12,3)4/h7,10-12H,5-6,8H2,1-4H3. The summed E-state index contributed by atoms with van der Waals surface area (Å²) in [6.07, 6.45) is 6.91. The lowest BCUT2D eigenvalue weighted by Gasteiger charge is -2.35. The molecule has 0 spiro atoms. The Morgan fingerprint density at radius 3 is 2.86 bits per heavy atom. The Morgan fingerprint density at radius 1 is 1.50 bits per heavy atom. The van der Waals surface area contributed by atoms with E-state index in [1.165, 1.54) is 12.8 Å². The zero-order chi connectivity index (χ0) is 10.3. The van der Waals surface area contributed by atoms with Gasteiger partial charge in [-0.05, 0) is 19.8 Å². The van der Waals surface area contributed by atoms with Crippen LogP contribution in [0.2, 0.25) is 0 Å². The topological polar surface area (TPSA) is 9.23 Å². The van der Waals surface area contributed by atoms with Crippen LogP contribution in [0.5, 0.6) is 0 Å². The van der Waals surface area contributed by atoms with Gasteiger partial charge in [-0.3, -0.25) is 0 Å². The first-order valence-corrected chi connectivity index (χ1v) is 5.89. The Balaban J connectivity index is 2.26. The third kappa shape index (κ3) is 1.33. The monoisotopic (exact) mass is 194 g/mol. The van der Waals surface area contributed by atoms with Crippen molar-refractivity contribution in [1.82, 2.24) is 0 Å². The number of hydrogen-bond acceptors (Lipinski definition) is 1. The number of fused-ring (bicyclic) bond motifs is 2.